The van der Waals surface area contributed by atoms with Gasteiger partial charge in [-0.05, 0) is 60.4 Å². The maximum absolute atomic E-state index is 10.1. The minimum Gasteiger partial charge on any atom is -0.493 e. The molecule has 2 aromatic carbocycles. The normalized spacial score (nSPS) is 9.72. The molecule has 0 aliphatic rings. The van der Waals surface area contributed by atoms with Gasteiger partial charge >= 0.3 is 5.97 Å². The number of carboxylic acids is 1. The van der Waals surface area contributed by atoms with Crippen molar-refractivity contribution in [2.75, 3.05) is 19.8 Å². The molecular formula is C19H25ClN4O4S. The lowest BCUT2D eigenvalue weighted by molar-refractivity contribution is -0.135. The summed E-state index contributed by atoms with van der Waals surface area (Å²) in [5, 5.41) is 12.4. The largest absolute Gasteiger partial charge is 0.493 e. The Morgan fingerprint density at radius 1 is 1.14 bits per heavy atom. The van der Waals surface area contributed by atoms with Crippen molar-refractivity contribution in [1.29, 1.82) is 0 Å². The predicted octanol–water partition coefficient (Wildman–Crippen LogP) is 2.99. The number of nitrogens with one attached hydrogen (secondary N) is 1. The maximum atomic E-state index is 10.1. The van der Waals surface area contributed by atoms with E-state index in [0.717, 1.165) is 17.1 Å². The third kappa shape index (κ3) is 13.2. The summed E-state index contributed by atoms with van der Waals surface area (Å²) in [4.78, 5) is 15.9. The highest BCUT2D eigenvalue weighted by Crippen LogP contribution is 2.17. The maximum Gasteiger partial charge on any atom is 0.318 e. The van der Waals surface area contributed by atoms with Gasteiger partial charge in [-0.2, -0.15) is 0 Å². The number of halogens is 1. The third-order valence-electron chi connectivity index (χ3n) is 3.07. The van der Waals surface area contributed by atoms with Crippen molar-refractivity contribution < 1.29 is 19.5 Å². The smallest absolute Gasteiger partial charge is 0.318 e. The van der Waals surface area contributed by atoms with Gasteiger partial charge in [0.05, 0.1) is 6.61 Å². The van der Waals surface area contributed by atoms with Crippen molar-refractivity contribution >= 4 is 35.5 Å². The van der Waals surface area contributed by atoms with E-state index in [9.17, 15) is 4.79 Å². The van der Waals surface area contributed by atoms with Gasteiger partial charge in [0.15, 0.2) is 0 Å². The molecule has 10 heteroatoms. The van der Waals surface area contributed by atoms with E-state index in [2.05, 4.69) is 9.88 Å². The van der Waals surface area contributed by atoms with E-state index in [-0.39, 0.29) is 12.5 Å². The Morgan fingerprint density at radius 2 is 1.79 bits per heavy atom. The lowest BCUT2D eigenvalue weighted by Crippen LogP contribution is -2.23. The molecule has 0 radical (unpaired) electrons. The Morgan fingerprint density at radius 3 is 2.38 bits per heavy atom. The van der Waals surface area contributed by atoms with Gasteiger partial charge in [-0.3, -0.25) is 4.79 Å². The quantitative estimate of drug-likeness (QED) is 0.146. The third-order valence-corrected chi connectivity index (χ3v) is 4.12. The van der Waals surface area contributed by atoms with Gasteiger partial charge in [-0.25, -0.2) is 4.72 Å². The second-order valence-corrected chi connectivity index (χ2v) is 7.04. The number of rotatable bonds is 10. The molecule has 0 fully saturated rings. The zero-order valence-electron chi connectivity index (χ0n) is 16.0. The first-order valence-electron chi connectivity index (χ1n) is 8.64. The molecule has 0 amide bonds. The Labute approximate surface area is 179 Å². The van der Waals surface area contributed by atoms with Crippen LogP contribution in [-0.2, 0) is 9.63 Å². The summed E-state index contributed by atoms with van der Waals surface area (Å²) in [5.41, 5.74) is 11.4. The van der Waals surface area contributed by atoms with Crippen molar-refractivity contribution in [1.82, 2.24) is 4.72 Å². The van der Waals surface area contributed by atoms with Crippen LogP contribution in [0.4, 0.5) is 0 Å². The second kappa shape index (κ2) is 14.4. The van der Waals surface area contributed by atoms with Crippen LogP contribution >= 0.6 is 23.5 Å². The predicted molar refractivity (Wildman–Crippen MR) is 116 cm³/mol. The highest BCUT2D eigenvalue weighted by Gasteiger charge is 1.97. The van der Waals surface area contributed by atoms with Crippen LogP contribution in [0.25, 0.3) is 0 Å². The fraction of sp³-hybridized carbons (Fsp3) is 0.263. The standard InChI is InChI=1S/C11H17N3O2.C8H8ClNO2S/c1-9-3-5-10(6-4-9)15-7-2-8-16-14-11(12)13;9-6-1-3-7(4-2-6)13-10-5-8(11)12/h3-6H,2,7-8H2,1H3,(H4,12,13,14);1-4,10H,5H2,(H,11,12). The Hall–Kier alpha value is -2.62. The van der Waals surface area contributed by atoms with Crippen LogP contribution in [0.2, 0.25) is 5.02 Å². The van der Waals surface area contributed by atoms with Crippen LogP contribution in [0.1, 0.15) is 12.0 Å². The number of ether oxygens (including phenoxy) is 1. The number of nitrogens with zero attached hydrogens (tertiary/aromatic N) is 1. The van der Waals surface area contributed by atoms with Gasteiger partial charge in [0, 0.05) is 16.3 Å². The van der Waals surface area contributed by atoms with Crippen LogP contribution in [0.15, 0.2) is 58.6 Å². The number of benzene rings is 2. The average Bonchev–Trinajstić information content (AvgIpc) is 2.67. The molecule has 0 aliphatic carbocycles. The molecule has 0 saturated carbocycles. The summed E-state index contributed by atoms with van der Waals surface area (Å²) in [7, 11) is 0. The van der Waals surface area contributed by atoms with Crippen molar-refractivity contribution in [2.45, 2.75) is 18.2 Å². The van der Waals surface area contributed by atoms with E-state index < -0.39 is 5.97 Å². The van der Waals surface area contributed by atoms with Gasteiger partial charge in [-0.15, -0.1) is 0 Å². The lowest BCUT2D eigenvalue weighted by atomic mass is 10.2. The summed E-state index contributed by atoms with van der Waals surface area (Å²) in [6.45, 7) is 2.98. The molecule has 0 heterocycles. The summed E-state index contributed by atoms with van der Waals surface area (Å²) in [5.74, 6) is -0.0895. The molecule has 0 aromatic heterocycles. The number of hydrogen-bond acceptors (Lipinski definition) is 6. The summed E-state index contributed by atoms with van der Waals surface area (Å²) >= 11 is 6.94. The van der Waals surface area contributed by atoms with E-state index in [4.69, 9.17) is 37.7 Å². The molecule has 0 aliphatic heterocycles. The molecule has 0 unspecified atom stereocenters. The molecule has 0 atom stereocenters. The summed E-state index contributed by atoms with van der Waals surface area (Å²) in [6, 6.07) is 15.0. The van der Waals surface area contributed by atoms with Crippen molar-refractivity contribution in [3.05, 3.63) is 59.1 Å². The zero-order chi connectivity index (χ0) is 21.5. The molecule has 0 spiro atoms. The molecule has 0 saturated heterocycles. The van der Waals surface area contributed by atoms with Gasteiger partial charge in [-0.1, -0.05) is 29.3 Å². The fourth-order valence-corrected chi connectivity index (χ4v) is 2.51. The van der Waals surface area contributed by atoms with E-state index >= 15 is 0 Å². The highest BCUT2D eigenvalue weighted by atomic mass is 35.5. The molecule has 8 nitrogen and oxygen atoms in total. The zero-order valence-corrected chi connectivity index (χ0v) is 17.6. The summed E-state index contributed by atoms with van der Waals surface area (Å²) < 4.78 is 8.17. The van der Waals surface area contributed by atoms with Gasteiger partial charge in [0.1, 0.15) is 18.9 Å². The fourth-order valence-electron chi connectivity index (χ4n) is 1.75. The number of oxime groups is 1. The first-order chi connectivity index (χ1) is 13.9. The first-order valence-corrected chi connectivity index (χ1v) is 9.83. The second-order valence-electron chi connectivity index (χ2n) is 5.64. The monoisotopic (exact) mass is 440 g/mol. The molecular weight excluding hydrogens is 416 g/mol. The average molecular weight is 441 g/mol. The van der Waals surface area contributed by atoms with Crippen LogP contribution in [0.3, 0.4) is 0 Å². The minimum atomic E-state index is -0.874. The summed E-state index contributed by atoms with van der Waals surface area (Å²) in [6.07, 6.45) is 0.727. The first kappa shape index (κ1) is 24.4. The molecule has 2 rings (SSSR count). The Balaban J connectivity index is 0.000000296. The van der Waals surface area contributed by atoms with E-state index in [0.29, 0.717) is 18.2 Å². The molecule has 158 valence electrons. The Bertz CT molecular complexity index is 754. The Kier molecular flexibility index (Phi) is 12.1. The van der Waals surface area contributed by atoms with Gasteiger partial charge < -0.3 is 26.1 Å². The number of aliphatic carboxylic acids is 1. The van der Waals surface area contributed by atoms with E-state index in [1.807, 2.05) is 43.3 Å². The molecule has 6 N–H and O–H groups in total. The molecule has 29 heavy (non-hydrogen) atoms. The van der Waals surface area contributed by atoms with Crippen LogP contribution in [0.5, 0.6) is 5.75 Å². The van der Waals surface area contributed by atoms with E-state index in [1.165, 1.54) is 17.5 Å². The number of hydrogen-bond donors (Lipinski definition) is 4. The lowest BCUT2D eigenvalue weighted by Gasteiger charge is -2.05. The van der Waals surface area contributed by atoms with E-state index in [1.54, 1.807) is 12.1 Å². The number of carboxylic acid groups (broad SMARTS) is 1. The van der Waals surface area contributed by atoms with Crippen molar-refractivity contribution in [3.63, 3.8) is 0 Å². The van der Waals surface area contributed by atoms with Crippen molar-refractivity contribution in [3.8, 4) is 5.75 Å². The van der Waals surface area contributed by atoms with Gasteiger partial charge in [0.2, 0.25) is 5.96 Å². The van der Waals surface area contributed by atoms with Crippen LogP contribution < -0.4 is 20.9 Å². The van der Waals surface area contributed by atoms with Gasteiger partial charge in [0.25, 0.3) is 0 Å². The van der Waals surface area contributed by atoms with Crippen molar-refractivity contribution in [2.24, 2.45) is 16.6 Å². The van der Waals surface area contributed by atoms with Crippen LogP contribution in [-0.4, -0.2) is 36.8 Å². The number of aryl methyl sites for hydroxylation is 1. The number of guanidine groups is 1. The molecule has 2 aromatic rings. The SMILES string of the molecule is Cc1ccc(OCCCON=C(N)N)cc1.O=C(O)CNSc1ccc(Cl)cc1. The topological polar surface area (TPSA) is 132 Å². The molecule has 0 bridgehead atoms. The van der Waals surface area contributed by atoms with Crippen LogP contribution in [0, 0.1) is 6.92 Å². The number of carbonyl (C=O) groups is 1. The number of nitrogens with two attached hydrogens (primary N) is 2. The highest BCUT2D eigenvalue weighted by molar-refractivity contribution is 7.97. The minimum absolute atomic E-state index is 0.0622.